The van der Waals surface area contributed by atoms with Crippen molar-refractivity contribution in [1.29, 1.82) is 0 Å². The van der Waals surface area contributed by atoms with Crippen LogP contribution in [0.25, 0.3) is 0 Å². The summed E-state index contributed by atoms with van der Waals surface area (Å²) in [6.07, 6.45) is 1.60. The first-order valence-electron chi connectivity index (χ1n) is 6.10. The van der Waals surface area contributed by atoms with Gasteiger partial charge in [-0.25, -0.2) is 0 Å². The van der Waals surface area contributed by atoms with Gasteiger partial charge in [0.15, 0.2) is 5.82 Å². The molecule has 3 N–H and O–H groups in total. The number of carbonyl (C=O) groups excluding carboxylic acids is 1. The Hall–Kier alpha value is -1.89. The summed E-state index contributed by atoms with van der Waals surface area (Å²) in [6, 6.07) is 3.29. The zero-order chi connectivity index (χ0) is 14.9. The van der Waals surface area contributed by atoms with Gasteiger partial charge in [-0.15, -0.1) is 10.2 Å². The number of nitrogens with two attached hydrogens (primary N) is 1. The standard InChI is InChI=1S/C13H16BrN5O/c1-7-10(4-9(14)5-11(7)15)13(20)17-8(2)12-18-16-6-19(12)3/h4-6,8H,15H2,1-3H3,(H,17,20). The number of halogens is 1. The third-order valence-electron chi connectivity index (χ3n) is 3.14. The molecule has 1 aromatic carbocycles. The molecule has 1 atom stereocenters. The van der Waals surface area contributed by atoms with Crippen LogP contribution < -0.4 is 11.1 Å². The van der Waals surface area contributed by atoms with Crippen molar-refractivity contribution in [2.45, 2.75) is 19.9 Å². The van der Waals surface area contributed by atoms with Crippen molar-refractivity contribution >= 4 is 27.5 Å². The minimum Gasteiger partial charge on any atom is -0.398 e. The van der Waals surface area contributed by atoms with E-state index in [0.717, 1.165) is 10.0 Å². The van der Waals surface area contributed by atoms with Gasteiger partial charge in [-0.1, -0.05) is 15.9 Å². The van der Waals surface area contributed by atoms with Gasteiger partial charge in [-0.2, -0.15) is 0 Å². The molecule has 106 valence electrons. The van der Waals surface area contributed by atoms with Gasteiger partial charge in [-0.05, 0) is 31.5 Å². The van der Waals surface area contributed by atoms with Crippen LogP contribution in [0.4, 0.5) is 5.69 Å². The van der Waals surface area contributed by atoms with Crippen LogP contribution in [0.15, 0.2) is 22.9 Å². The molecule has 0 spiro atoms. The molecule has 1 aromatic heterocycles. The highest BCUT2D eigenvalue weighted by Gasteiger charge is 2.18. The molecule has 2 rings (SSSR count). The number of carbonyl (C=O) groups is 1. The Balaban J connectivity index is 2.23. The van der Waals surface area contributed by atoms with Gasteiger partial charge in [0.25, 0.3) is 5.91 Å². The first kappa shape index (κ1) is 14.5. The summed E-state index contributed by atoms with van der Waals surface area (Å²) >= 11 is 3.35. The number of amides is 1. The highest BCUT2D eigenvalue weighted by atomic mass is 79.9. The molecule has 1 amide bonds. The van der Waals surface area contributed by atoms with E-state index in [4.69, 9.17) is 5.73 Å². The van der Waals surface area contributed by atoms with Crippen molar-refractivity contribution in [2.24, 2.45) is 7.05 Å². The van der Waals surface area contributed by atoms with Gasteiger partial charge in [0.1, 0.15) is 6.33 Å². The van der Waals surface area contributed by atoms with Crippen LogP contribution in [0.3, 0.4) is 0 Å². The summed E-state index contributed by atoms with van der Waals surface area (Å²) in [4.78, 5) is 12.3. The van der Waals surface area contributed by atoms with E-state index in [1.807, 2.05) is 20.9 Å². The Labute approximate surface area is 125 Å². The maximum absolute atomic E-state index is 12.3. The molecule has 0 radical (unpaired) electrons. The third kappa shape index (κ3) is 2.82. The number of aryl methyl sites for hydroxylation is 1. The van der Waals surface area contributed by atoms with E-state index in [1.54, 1.807) is 23.0 Å². The minimum absolute atomic E-state index is 0.189. The molecular formula is C13H16BrN5O. The van der Waals surface area contributed by atoms with E-state index >= 15 is 0 Å². The Morgan fingerprint density at radius 1 is 1.50 bits per heavy atom. The molecular weight excluding hydrogens is 322 g/mol. The fraction of sp³-hybridized carbons (Fsp3) is 0.308. The molecule has 0 aliphatic heterocycles. The molecule has 1 heterocycles. The van der Waals surface area contributed by atoms with Crippen molar-refractivity contribution in [2.75, 3.05) is 5.73 Å². The van der Waals surface area contributed by atoms with Gasteiger partial charge in [0.2, 0.25) is 0 Å². The van der Waals surface area contributed by atoms with Crippen LogP contribution in [-0.2, 0) is 7.05 Å². The highest BCUT2D eigenvalue weighted by Crippen LogP contribution is 2.23. The molecule has 2 aromatic rings. The number of anilines is 1. The number of nitrogens with zero attached hydrogens (tertiary/aromatic N) is 3. The fourth-order valence-electron chi connectivity index (χ4n) is 1.96. The average Bonchev–Trinajstić information content (AvgIpc) is 2.79. The average molecular weight is 338 g/mol. The maximum Gasteiger partial charge on any atom is 0.252 e. The Bertz CT molecular complexity index is 652. The predicted molar refractivity (Wildman–Crippen MR) is 80.2 cm³/mol. The molecule has 0 fully saturated rings. The lowest BCUT2D eigenvalue weighted by molar-refractivity contribution is 0.0937. The number of hydrogen-bond donors (Lipinski definition) is 2. The fourth-order valence-corrected chi connectivity index (χ4v) is 2.43. The van der Waals surface area contributed by atoms with Crippen molar-refractivity contribution in [3.05, 3.63) is 39.9 Å². The highest BCUT2D eigenvalue weighted by molar-refractivity contribution is 9.10. The molecule has 0 saturated carbocycles. The summed E-state index contributed by atoms with van der Waals surface area (Å²) < 4.78 is 2.55. The first-order chi connectivity index (χ1) is 9.40. The Morgan fingerprint density at radius 2 is 2.20 bits per heavy atom. The van der Waals surface area contributed by atoms with E-state index in [-0.39, 0.29) is 11.9 Å². The summed E-state index contributed by atoms with van der Waals surface area (Å²) in [5, 5.41) is 10.7. The zero-order valence-corrected chi connectivity index (χ0v) is 13.1. The molecule has 0 bridgehead atoms. The van der Waals surface area contributed by atoms with Crippen LogP contribution >= 0.6 is 15.9 Å². The molecule has 0 saturated heterocycles. The van der Waals surface area contributed by atoms with Crippen LogP contribution in [0.1, 0.15) is 34.7 Å². The maximum atomic E-state index is 12.3. The first-order valence-corrected chi connectivity index (χ1v) is 6.90. The monoisotopic (exact) mass is 337 g/mol. The lowest BCUT2D eigenvalue weighted by atomic mass is 10.1. The van der Waals surface area contributed by atoms with Crippen LogP contribution in [0.5, 0.6) is 0 Å². The number of nitrogen functional groups attached to an aromatic ring is 1. The smallest absolute Gasteiger partial charge is 0.252 e. The summed E-state index contributed by atoms with van der Waals surface area (Å²) in [5.74, 6) is 0.505. The molecule has 1 unspecified atom stereocenters. The quantitative estimate of drug-likeness (QED) is 0.838. The lowest BCUT2D eigenvalue weighted by Gasteiger charge is -2.15. The molecule has 6 nitrogen and oxygen atoms in total. The van der Waals surface area contributed by atoms with Gasteiger partial charge in [-0.3, -0.25) is 4.79 Å². The molecule has 0 aliphatic carbocycles. The van der Waals surface area contributed by atoms with Crippen LogP contribution in [-0.4, -0.2) is 20.7 Å². The van der Waals surface area contributed by atoms with E-state index in [2.05, 4.69) is 31.4 Å². The van der Waals surface area contributed by atoms with Gasteiger partial charge in [0, 0.05) is 22.8 Å². The Kier molecular flexibility index (Phi) is 4.08. The van der Waals surface area contributed by atoms with E-state index in [9.17, 15) is 4.79 Å². The third-order valence-corrected chi connectivity index (χ3v) is 3.60. The van der Waals surface area contributed by atoms with Gasteiger partial charge < -0.3 is 15.6 Å². The summed E-state index contributed by atoms with van der Waals surface area (Å²) in [6.45, 7) is 3.68. The largest absolute Gasteiger partial charge is 0.398 e. The number of hydrogen-bond acceptors (Lipinski definition) is 4. The van der Waals surface area contributed by atoms with Crippen LogP contribution in [0, 0.1) is 6.92 Å². The van der Waals surface area contributed by atoms with Gasteiger partial charge in [0.05, 0.1) is 6.04 Å². The zero-order valence-electron chi connectivity index (χ0n) is 11.5. The number of benzene rings is 1. The van der Waals surface area contributed by atoms with E-state index in [0.29, 0.717) is 17.1 Å². The SMILES string of the molecule is Cc1c(N)cc(Br)cc1C(=O)NC(C)c1nncn1C. The second-order valence-electron chi connectivity index (χ2n) is 4.66. The number of rotatable bonds is 3. The van der Waals surface area contributed by atoms with Crippen molar-refractivity contribution < 1.29 is 4.79 Å². The van der Waals surface area contributed by atoms with Crippen molar-refractivity contribution in [3.63, 3.8) is 0 Å². The number of aromatic nitrogens is 3. The van der Waals surface area contributed by atoms with Crippen LogP contribution in [0.2, 0.25) is 0 Å². The Morgan fingerprint density at radius 3 is 2.80 bits per heavy atom. The summed E-state index contributed by atoms with van der Waals surface area (Å²) in [5.41, 5.74) is 7.76. The van der Waals surface area contributed by atoms with E-state index < -0.39 is 0 Å². The second-order valence-corrected chi connectivity index (χ2v) is 5.58. The second kappa shape index (κ2) is 5.62. The van der Waals surface area contributed by atoms with E-state index in [1.165, 1.54) is 0 Å². The van der Waals surface area contributed by atoms with Gasteiger partial charge >= 0.3 is 0 Å². The molecule has 20 heavy (non-hydrogen) atoms. The molecule has 7 heteroatoms. The molecule has 0 aliphatic rings. The topological polar surface area (TPSA) is 85.8 Å². The van der Waals surface area contributed by atoms with Crippen molar-refractivity contribution in [3.8, 4) is 0 Å². The summed E-state index contributed by atoms with van der Waals surface area (Å²) in [7, 11) is 1.83. The van der Waals surface area contributed by atoms with Crippen molar-refractivity contribution in [1.82, 2.24) is 20.1 Å². The predicted octanol–water partition coefficient (Wildman–Crippen LogP) is 1.96. The minimum atomic E-state index is -0.241. The normalized spacial score (nSPS) is 12.2. The number of nitrogens with one attached hydrogen (secondary N) is 1. The lowest BCUT2D eigenvalue weighted by Crippen LogP contribution is -2.29.